The highest BCUT2D eigenvalue weighted by molar-refractivity contribution is 5.98. The molecule has 0 saturated heterocycles. The summed E-state index contributed by atoms with van der Waals surface area (Å²) in [5.74, 6) is 5.73. The first-order valence-corrected chi connectivity index (χ1v) is 5.73. The zero-order chi connectivity index (χ0) is 12.2. The third-order valence-electron chi connectivity index (χ3n) is 2.16. The zero-order valence-electron chi connectivity index (χ0n) is 10.5. The summed E-state index contributed by atoms with van der Waals surface area (Å²) >= 11 is 0. The summed E-state index contributed by atoms with van der Waals surface area (Å²) in [6, 6.07) is 0. The van der Waals surface area contributed by atoms with E-state index in [4.69, 9.17) is 5.41 Å². The van der Waals surface area contributed by atoms with Crippen LogP contribution in [-0.4, -0.2) is 5.71 Å². The molecule has 0 bridgehead atoms. The van der Waals surface area contributed by atoms with Gasteiger partial charge in [-0.2, -0.15) is 0 Å². The van der Waals surface area contributed by atoms with E-state index in [1.165, 1.54) is 0 Å². The Morgan fingerprint density at radius 2 is 2.06 bits per heavy atom. The summed E-state index contributed by atoms with van der Waals surface area (Å²) < 4.78 is 0. The molecule has 86 valence electrons. The van der Waals surface area contributed by atoms with Crippen LogP contribution in [0.1, 0.15) is 40.0 Å². The van der Waals surface area contributed by atoms with E-state index in [9.17, 15) is 0 Å². The first kappa shape index (κ1) is 14.5. The summed E-state index contributed by atoms with van der Waals surface area (Å²) in [7, 11) is 0. The van der Waals surface area contributed by atoms with Gasteiger partial charge in [0.2, 0.25) is 0 Å². The maximum atomic E-state index is 7.92. The van der Waals surface area contributed by atoms with E-state index in [0.29, 0.717) is 5.71 Å². The Hall–Kier alpha value is -1.55. The van der Waals surface area contributed by atoms with Gasteiger partial charge < -0.3 is 5.41 Å². The van der Waals surface area contributed by atoms with E-state index >= 15 is 0 Å². The van der Waals surface area contributed by atoms with Gasteiger partial charge in [0.15, 0.2) is 0 Å². The molecule has 16 heavy (non-hydrogen) atoms. The Balaban J connectivity index is 4.16. The predicted octanol–water partition coefficient (Wildman–Crippen LogP) is 4.28. The fourth-order valence-electron chi connectivity index (χ4n) is 1.24. The molecule has 0 aliphatic heterocycles. The van der Waals surface area contributed by atoms with Gasteiger partial charge in [-0.25, -0.2) is 0 Å². The van der Waals surface area contributed by atoms with Gasteiger partial charge in [0.25, 0.3) is 0 Å². The van der Waals surface area contributed by atoms with Crippen LogP contribution in [0.25, 0.3) is 0 Å². The first-order valence-electron chi connectivity index (χ1n) is 5.73. The molecule has 0 aliphatic rings. The molecule has 0 spiro atoms. The smallest absolute Gasteiger partial charge is 0.0355 e. The first-order chi connectivity index (χ1) is 7.76. The van der Waals surface area contributed by atoms with E-state index in [1.807, 2.05) is 38.2 Å². The third-order valence-corrected chi connectivity index (χ3v) is 2.16. The largest absolute Gasteiger partial charge is 0.305 e. The molecule has 1 nitrogen and oxygen atoms in total. The van der Waals surface area contributed by atoms with Gasteiger partial charge in [-0.1, -0.05) is 37.1 Å². The van der Waals surface area contributed by atoms with Gasteiger partial charge in [0.05, 0.1) is 0 Å². The maximum absolute atomic E-state index is 7.92. The Labute approximate surface area is 99.5 Å². The molecule has 0 radical (unpaired) electrons. The molecular formula is C15H21N. The second-order valence-corrected chi connectivity index (χ2v) is 3.39. The minimum Gasteiger partial charge on any atom is -0.305 e. The van der Waals surface area contributed by atoms with Crippen molar-refractivity contribution in [2.24, 2.45) is 0 Å². The lowest BCUT2D eigenvalue weighted by atomic mass is 10.0. The van der Waals surface area contributed by atoms with Crippen molar-refractivity contribution in [3.63, 3.8) is 0 Å². The van der Waals surface area contributed by atoms with Gasteiger partial charge in [-0.05, 0) is 44.8 Å². The van der Waals surface area contributed by atoms with Crippen LogP contribution in [0, 0.1) is 17.3 Å². The molecule has 0 aromatic carbocycles. The Morgan fingerprint density at radius 3 is 2.62 bits per heavy atom. The van der Waals surface area contributed by atoms with Crippen molar-refractivity contribution < 1.29 is 0 Å². The summed E-state index contributed by atoms with van der Waals surface area (Å²) in [5.41, 5.74) is 1.75. The highest BCUT2D eigenvalue weighted by Gasteiger charge is 2.00. The summed E-state index contributed by atoms with van der Waals surface area (Å²) in [6.07, 6.45) is 12.6. The number of hydrogen-bond acceptors (Lipinski definition) is 1. The summed E-state index contributed by atoms with van der Waals surface area (Å²) in [5, 5.41) is 7.92. The van der Waals surface area contributed by atoms with Crippen LogP contribution in [-0.2, 0) is 0 Å². The van der Waals surface area contributed by atoms with Crippen molar-refractivity contribution in [2.75, 3.05) is 0 Å². The summed E-state index contributed by atoms with van der Waals surface area (Å²) in [4.78, 5) is 0. The van der Waals surface area contributed by atoms with Crippen molar-refractivity contribution in [2.45, 2.75) is 40.0 Å². The second-order valence-electron chi connectivity index (χ2n) is 3.39. The topological polar surface area (TPSA) is 23.9 Å². The van der Waals surface area contributed by atoms with E-state index in [2.05, 4.69) is 24.8 Å². The lowest BCUT2D eigenvalue weighted by Gasteiger charge is -2.03. The molecule has 1 N–H and O–H groups in total. The Kier molecular flexibility index (Phi) is 9.02. The number of rotatable bonds is 6. The molecule has 0 saturated carbocycles. The van der Waals surface area contributed by atoms with E-state index in [1.54, 1.807) is 0 Å². The maximum Gasteiger partial charge on any atom is 0.0355 e. The number of hydrogen-bond donors (Lipinski definition) is 1. The molecule has 0 amide bonds. The van der Waals surface area contributed by atoms with Crippen molar-refractivity contribution in [3.8, 4) is 11.8 Å². The lowest BCUT2D eigenvalue weighted by Crippen LogP contribution is -1.99. The van der Waals surface area contributed by atoms with Gasteiger partial charge in [-0.3, -0.25) is 0 Å². The molecule has 0 atom stereocenters. The van der Waals surface area contributed by atoms with Crippen molar-refractivity contribution >= 4 is 5.71 Å². The molecule has 0 rings (SSSR count). The molecule has 0 heterocycles. The second kappa shape index (κ2) is 9.98. The summed E-state index contributed by atoms with van der Waals surface area (Å²) in [6.45, 7) is 5.87. The molecule has 0 aromatic rings. The highest BCUT2D eigenvalue weighted by Crippen LogP contribution is 2.07. The minimum absolute atomic E-state index is 0.704. The Morgan fingerprint density at radius 1 is 1.31 bits per heavy atom. The van der Waals surface area contributed by atoms with Gasteiger partial charge in [0.1, 0.15) is 0 Å². The van der Waals surface area contributed by atoms with Crippen LogP contribution in [0.4, 0.5) is 0 Å². The van der Waals surface area contributed by atoms with E-state index in [-0.39, 0.29) is 0 Å². The fraction of sp³-hybridized carbons (Fsp3) is 0.400. The zero-order valence-corrected chi connectivity index (χ0v) is 10.5. The molecular weight excluding hydrogens is 194 g/mol. The van der Waals surface area contributed by atoms with Gasteiger partial charge in [-0.15, -0.1) is 5.92 Å². The van der Waals surface area contributed by atoms with Crippen molar-refractivity contribution in [3.05, 3.63) is 36.0 Å². The van der Waals surface area contributed by atoms with E-state index < -0.39 is 0 Å². The van der Waals surface area contributed by atoms with Crippen molar-refractivity contribution in [1.82, 2.24) is 0 Å². The van der Waals surface area contributed by atoms with Crippen LogP contribution in [0.3, 0.4) is 0 Å². The highest BCUT2D eigenvalue weighted by atomic mass is 14.4. The Bertz CT molecular complexity index is 345. The molecule has 1 heteroatoms. The average molecular weight is 215 g/mol. The van der Waals surface area contributed by atoms with Gasteiger partial charge in [0, 0.05) is 5.71 Å². The molecule has 0 aliphatic carbocycles. The fourth-order valence-corrected chi connectivity index (χ4v) is 1.24. The van der Waals surface area contributed by atoms with Crippen LogP contribution in [0.15, 0.2) is 36.0 Å². The third kappa shape index (κ3) is 6.84. The van der Waals surface area contributed by atoms with Crippen LogP contribution < -0.4 is 0 Å². The van der Waals surface area contributed by atoms with E-state index in [0.717, 1.165) is 24.8 Å². The molecule has 0 unspecified atom stereocenters. The lowest BCUT2D eigenvalue weighted by molar-refractivity contribution is 1.05. The molecule has 0 fully saturated rings. The average Bonchev–Trinajstić information content (AvgIpc) is 2.30. The normalized spacial score (nSPS) is 11.8. The standard InChI is InChI=1S/C15H21N/c1-4-7-9-10-11-13-15(16)14(6-3)12-8-5-2/h4,7,9-10,12,16H,6,11,13H2,1-3H3/b7-4-,10-9-,14-12+,16-15?. The van der Waals surface area contributed by atoms with Gasteiger partial charge >= 0.3 is 0 Å². The number of nitrogens with one attached hydrogen (secondary N) is 1. The van der Waals surface area contributed by atoms with Crippen molar-refractivity contribution in [1.29, 1.82) is 5.41 Å². The van der Waals surface area contributed by atoms with Crippen LogP contribution in [0.2, 0.25) is 0 Å². The number of allylic oxidation sites excluding steroid dienone is 6. The monoisotopic (exact) mass is 215 g/mol. The predicted molar refractivity (Wildman–Crippen MR) is 72.7 cm³/mol. The SMILES string of the molecule is CC#C/C=C(\CC)C(=N)CC/C=C\C=C/C. The quantitative estimate of drug-likeness (QED) is 0.388. The minimum atomic E-state index is 0.704. The van der Waals surface area contributed by atoms with Crippen LogP contribution in [0.5, 0.6) is 0 Å². The molecule has 0 aromatic heterocycles. The van der Waals surface area contributed by atoms with Crippen LogP contribution >= 0.6 is 0 Å².